The van der Waals surface area contributed by atoms with Crippen molar-refractivity contribution in [1.82, 2.24) is 9.78 Å². The largest absolute Gasteiger partial charge is 0.465 e. The Morgan fingerprint density at radius 1 is 1.13 bits per heavy atom. The second-order valence-corrected chi connectivity index (χ2v) is 8.21. The molecular formula is C24H24ClN3O3. The summed E-state index contributed by atoms with van der Waals surface area (Å²) >= 11 is 6.29. The molecule has 6 nitrogen and oxygen atoms in total. The lowest BCUT2D eigenvalue weighted by molar-refractivity contribution is -0.117. The summed E-state index contributed by atoms with van der Waals surface area (Å²) < 4.78 is 6.63. The van der Waals surface area contributed by atoms with Crippen molar-refractivity contribution in [2.75, 3.05) is 18.6 Å². The molecule has 1 amide bonds. The molecule has 0 radical (unpaired) electrons. The Kier molecular flexibility index (Phi) is 5.58. The lowest BCUT2D eigenvalue weighted by Gasteiger charge is -2.18. The van der Waals surface area contributed by atoms with Crippen LogP contribution in [0, 0.1) is 20.8 Å². The van der Waals surface area contributed by atoms with Crippen molar-refractivity contribution in [2.24, 2.45) is 0 Å². The number of nitrogens with zero attached hydrogens (tertiary/aromatic N) is 3. The average molecular weight is 438 g/mol. The Hall–Kier alpha value is -3.12. The number of ether oxygens (including phenoxy) is 1. The number of halogens is 1. The van der Waals surface area contributed by atoms with Gasteiger partial charge in [0.15, 0.2) is 0 Å². The van der Waals surface area contributed by atoms with E-state index in [0.717, 1.165) is 39.5 Å². The first-order chi connectivity index (χ1) is 14.8. The fraction of sp³-hybridized carbons (Fsp3) is 0.292. The van der Waals surface area contributed by atoms with Gasteiger partial charge in [0.05, 0.1) is 30.5 Å². The van der Waals surface area contributed by atoms with Crippen LogP contribution in [0.4, 0.5) is 5.69 Å². The minimum absolute atomic E-state index is 0.0113. The molecule has 1 aromatic heterocycles. The smallest absolute Gasteiger partial charge is 0.337 e. The van der Waals surface area contributed by atoms with E-state index in [0.29, 0.717) is 23.6 Å². The van der Waals surface area contributed by atoms with Gasteiger partial charge in [-0.15, -0.1) is 0 Å². The van der Waals surface area contributed by atoms with Gasteiger partial charge in [0.25, 0.3) is 0 Å². The number of aryl methyl sites for hydroxylation is 2. The van der Waals surface area contributed by atoms with Crippen molar-refractivity contribution in [3.8, 4) is 5.69 Å². The molecule has 1 aliphatic rings. The zero-order valence-electron chi connectivity index (χ0n) is 18.0. The first-order valence-corrected chi connectivity index (χ1v) is 10.5. The molecule has 2 heterocycles. The van der Waals surface area contributed by atoms with Gasteiger partial charge in [-0.3, -0.25) is 4.79 Å². The second kappa shape index (κ2) is 8.19. The van der Waals surface area contributed by atoms with E-state index in [9.17, 15) is 9.59 Å². The van der Waals surface area contributed by atoms with Crippen LogP contribution >= 0.6 is 11.6 Å². The van der Waals surface area contributed by atoms with E-state index in [1.165, 1.54) is 7.11 Å². The SMILES string of the molecule is COC(=O)c1ccc2c(c1)CCN2C(=O)Cc1c(C)nn(-c2ccc(C)c(Cl)c2)c1C. The van der Waals surface area contributed by atoms with Gasteiger partial charge in [0.1, 0.15) is 0 Å². The van der Waals surface area contributed by atoms with Crippen molar-refractivity contribution in [2.45, 2.75) is 33.6 Å². The second-order valence-electron chi connectivity index (χ2n) is 7.80. The third-order valence-electron chi connectivity index (χ3n) is 5.87. The van der Waals surface area contributed by atoms with Crippen LogP contribution in [0.5, 0.6) is 0 Å². The van der Waals surface area contributed by atoms with E-state index in [4.69, 9.17) is 16.3 Å². The lowest BCUT2D eigenvalue weighted by Crippen LogP contribution is -2.30. The fourth-order valence-corrected chi connectivity index (χ4v) is 4.22. The van der Waals surface area contributed by atoms with Crippen molar-refractivity contribution >= 4 is 29.2 Å². The minimum Gasteiger partial charge on any atom is -0.465 e. The third kappa shape index (κ3) is 3.83. The number of esters is 1. The highest BCUT2D eigenvalue weighted by Crippen LogP contribution is 2.30. The van der Waals surface area contributed by atoms with E-state index in [1.807, 2.05) is 55.8 Å². The van der Waals surface area contributed by atoms with Crippen molar-refractivity contribution in [1.29, 1.82) is 0 Å². The number of anilines is 1. The number of benzene rings is 2. The molecule has 0 bridgehead atoms. The number of rotatable bonds is 4. The molecule has 0 N–H and O–H groups in total. The number of aromatic nitrogens is 2. The molecular weight excluding hydrogens is 414 g/mol. The molecule has 0 fully saturated rings. The molecule has 0 saturated heterocycles. The summed E-state index contributed by atoms with van der Waals surface area (Å²) in [6, 6.07) is 11.2. The number of carbonyl (C=O) groups is 2. The monoisotopic (exact) mass is 437 g/mol. The maximum absolute atomic E-state index is 13.2. The molecule has 0 saturated carbocycles. The normalized spacial score (nSPS) is 12.7. The molecule has 0 atom stereocenters. The van der Waals surface area contributed by atoms with Crippen LogP contribution in [-0.2, 0) is 22.4 Å². The number of carbonyl (C=O) groups excluding carboxylic acids is 2. The van der Waals surface area contributed by atoms with Crippen molar-refractivity contribution in [3.63, 3.8) is 0 Å². The highest BCUT2D eigenvalue weighted by atomic mass is 35.5. The highest BCUT2D eigenvalue weighted by molar-refractivity contribution is 6.31. The van der Waals surface area contributed by atoms with E-state index in [2.05, 4.69) is 5.10 Å². The summed E-state index contributed by atoms with van der Waals surface area (Å²) in [6.45, 7) is 6.44. The van der Waals surface area contributed by atoms with Crippen LogP contribution in [0.1, 0.15) is 38.4 Å². The summed E-state index contributed by atoms with van der Waals surface area (Å²) in [5, 5.41) is 5.33. The number of methoxy groups -OCH3 is 1. The summed E-state index contributed by atoms with van der Waals surface area (Å²) in [4.78, 5) is 26.7. The third-order valence-corrected chi connectivity index (χ3v) is 6.27. The van der Waals surface area contributed by atoms with Crippen LogP contribution in [-0.4, -0.2) is 35.3 Å². The standard InChI is InChI=1S/C24H24ClN3O3/c1-14-5-7-19(12-21(14)25)28-16(3)20(15(2)26-28)13-23(29)27-10-9-17-11-18(24(30)31-4)6-8-22(17)27/h5-8,11-12H,9-10,13H2,1-4H3. The van der Waals surface area contributed by atoms with E-state index in [-0.39, 0.29) is 18.3 Å². The van der Waals surface area contributed by atoms with Gasteiger partial charge in [-0.25, -0.2) is 9.48 Å². The Morgan fingerprint density at radius 2 is 1.90 bits per heavy atom. The number of hydrogen-bond donors (Lipinski definition) is 0. The molecule has 4 rings (SSSR count). The predicted molar refractivity (Wildman–Crippen MR) is 120 cm³/mol. The van der Waals surface area contributed by atoms with Crippen LogP contribution in [0.3, 0.4) is 0 Å². The number of amides is 1. The maximum Gasteiger partial charge on any atom is 0.337 e. The molecule has 0 aliphatic carbocycles. The lowest BCUT2D eigenvalue weighted by atomic mass is 10.1. The van der Waals surface area contributed by atoms with E-state index < -0.39 is 0 Å². The van der Waals surface area contributed by atoms with Gasteiger partial charge in [0.2, 0.25) is 5.91 Å². The Labute approximate surface area is 186 Å². The number of hydrogen-bond acceptors (Lipinski definition) is 4. The fourth-order valence-electron chi connectivity index (χ4n) is 4.05. The van der Waals surface area contributed by atoms with Crippen LogP contribution < -0.4 is 4.90 Å². The summed E-state index contributed by atoms with van der Waals surface area (Å²) in [5.74, 6) is -0.361. The van der Waals surface area contributed by atoms with Gasteiger partial charge < -0.3 is 9.64 Å². The van der Waals surface area contributed by atoms with Gasteiger partial charge in [-0.05, 0) is 68.7 Å². The molecule has 0 unspecified atom stereocenters. The van der Waals surface area contributed by atoms with Crippen molar-refractivity contribution in [3.05, 3.63) is 75.1 Å². The molecule has 2 aromatic carbocycles. The van der Waals surface area contributed by atoms with Crippen LogP contribution in [0.2, 0.25) is 5.02 Å². The van der Waals surface area contributed by atoms with Gasteiger partial charge in [-0.1, -0.05) is 17.7 Å². The first kappa shape index (κ1) is 21.1. The van der Waals surface area contributed by atoms with Gasteiger partial charge >= 0.3 is 5.97 Å². The Morgan fingerprint density at radius 3 is 2.61 bits per heavy atom. The van der Waals surface area contributed by atoms with Gasteiger partial charge in [-0.2, -0.15) is 5.10 Å². The van der Waals surface area contributed by atoms with E-state index in [1.54, 1.807) is 11.0 Å². The quantitative estimate of drug-likeness (QED) is 0.568. The summed E-state index contributed by atoms with van der Waals surface area (Å²) in [7, 11) is 1.36. The molecule has 0 spiro atoms. The van der Waals surface area contributed by atoms with Crippen LogP contribution in [0.15, 0.2) is 36.4 Å². The van der Waals surface area contributed by atoms with Gasteiger partial charge in [0, 0.05) is 28.5 Å². The summed E-state index contributed by atoms with van der Waals surface area (Å²) in [5.41, 5.74) is 6.87. The predicted octanol–water partition coefficient (Wildman–Crippen LogP) is 4.37. The topological polar surface area (TPSA) is 64.4 Å². The maximum atomic E-state index is 13.2. The van der Waals surface area contributed by atoms with Crippen LogP contribution in [0.25, 0.3) is 5.69 Å². The Bertz CT molecular complexity index is 1200. The summed E-state index contributed by atoms with van der Waals surface area (Å²) in [6.07, 6.45) is 0.973. The van der Waals surface area contributed by atoms with Crippen molar-refractivity contribution < 1.29 is 14.3 Å². The molecule has 1 aliphatic heterocycles. The minimum atomic E-state index is -0.373. The molecule has 7 heteroatoms. The zero-order valence-corrected chi connectivity index (χ0v) is 18.8. The Balaban J connectivity index is 1.59. The number of fused-ring (bicyclic) bond motifs is 1. The zero-order chi connectivity index (χ0) is 22.3. The molecule has 3 aromatic rings. The molecule has 160 valence electrons. The molecule has 31 heavy (non-hydrogen) atoms. The highest BCUT2D eigenvalue weighted by Gasteiger charge is 2.27. The average Bonchev–Trinajstić information content (AvgIpc) is 3.31. The first-order valence-electron chi connectivity index (χ1n) is 10.1. The van der Waals surface area contributed by atoms with E-state index >= 15 is 0 Å².